The zero-order valence-corrected chi connectivity index (χ0v) is 59.1. The summed E-state index contributed by atoms with van der Waals surface area (Å²) in [7, 11) is -5.22. The van der Waals surface area contributed by atoms with Gasteiger partial charge in [0.1, 0.15) is 34.2 Å². The number of allylic oxidation sites excluding steroid dienone is 2. The van der Waals surface area contributed by atoms with Crippen molar-refractivity contribution < 1.29 is 37.2 Å². The molecule has 0 bridgehead atoms. The van der Waals surface area contributed by atoms with Crippen molar-refractivity contribution in [2.24, 2.45) is 16.7 Å². The van der Waals surface area contributed by atoms with Crippen molar-refractivity contribution in [3.63, 3.8) is 0 Å². The molecule has 0 radical (unpaired) electrons. The Morgan fingerprint density at radius 2 is 1.16 bits per heavy atom. The van der Waals surface area contributed by atoms with Gasteiger partial charge in [0.15, 0.2) is 11.5 Å². The molecule has 0 spiro atoms. The number of amides is 1. The number of sulfonamides is 1. The molecule has 5 aliphatic rings. The lowest BCUT2D eigenvalue weighted by Gasteiger charge is -2.39. The number of ether oxygens (including phenoxy) is 3. The second kappa shape index (κ2) is 28.9. The predicted molar refractivity (Wildman–Crippen MR) is 394 cm³/mol. The largest absolute Gasteiger partial charge is 0.455 e. The number of pyridine rings is 2. The molecule has 7 heterocycles. The lowest BCUT2D eigenvalue weighted by molar-refractivity contribution is -0.384. The molecule has 3 N–H and O–H groups in total. The van der Waals surface area contributed by atoms with Crippen LogP contribution in [0, 0.1) is 26.9 Å². The lowest BCUT2D eigenvalue weighted by Crippen LogP contribution is -2.47. The maximum atomic E-state index is 16.1. The van der Waals surface area contributed by atoms with Crippen molar-refractivity contribution in [2.45, 2.75) is 84.0 Å². The van der Waals surface area contributed by atoms with Gasteiger partial charge in [-0.15, -0.1) is 0 Å². The highest BCUT2D eigenvalue weighted by atomic mass is 35.5. The first-order valence-electron chi connectivity index (χ1n) is 34.5. The zero-order valence-electron chi connectivity index (χ0n) is 56.8. The highest BCUT2D eigenvalue weighted by Gasteiger charge is 2.39. The molecule has 3 fully saturated rings. The number of anilines is 3. The molecule has 5 aromatic carbocycles. The number of hydrogen-bond donors (Lipinski definition) is 3. The Balaban J connectivity index is 0.804. The number of aromatic nitrogens is 4. The normalized spacial score (nSPS) is 18.0. The number of halogens is 2. The maximum absolute atomic E-state index is 16.1. The molecule has 100 heavy (non-hydrogen) atoms. The Morgan fingerprint density at radius 1 is 0.650 bits per heavy atom. The van der Waals surface area contributed by atoms with E-state index in [1.54, 1.807) is 55.0 Å². The quantitative estimate of drug-likeness (QED) is 0.0450. The first-order valence-corrected chi connectivity index (χ1v) is 36.7. The van der Waals surface area contributed by atoms with Crippen LogP contribution in [0.15, 0.2) is 168 Å². The van der Waals surface area contributed by atoms with Crippen LogP contribution in [-0.2, 0) is 14.8 Å². The first kappa shape index (κ1) is 68.2. The second-order valence-electron chi connectivity index (χ2n) is 28.6. The van der Waals surface area contributed by atoms with E-state index in [-0.39, 0.29) is 55.5 Å². The van der Waals surface area contributed by atoms with Gasteiger partial charge in [0.05, 0.1) is 27.8 Å². The molecule has 0 atom stereocenters. The minimum atomic E-state index is -5.22. The van der Waals surface area contributed by atoms with Crippen LogP contribution in [0.5, 0.6) is 28.7 Å². The summed E-state index contributed by atoms with van der Waals surface area (Å²) >= 11 is 12.7. The number of carbonyl (C=O) groups excluding carboxylic acids is 1. The molecule has 20 nitrogen and oxygen atoms in total. The van der Waals surface area contributed by atoms with E-state index >= 15 is 13.2 Å². The van der Waals surface area contributed by atoms with Gasteiger partial charge in [-0.1, -0.05) is 90.8 Å². The van der Waals surface area contributed by atoms with Crippen molar-refractivity contribution in [3.8, 4) is 28.7 Å². The SMILES string of the molecule is CC1(C)CCC(CN2CCN(c3ccc(ON(C(=O)c4ccc(N5CCN(CC6=C(c7ccc(Cl)cc7)CC(C)(C)CC6)CC5)cc4Oc4cnc5[nH]ccc5c4)S(=O)(=O)c4ccc(NCC5CCOCC5)c([N+](=O)[O-])c4)c(Oc4cnc5[nH]ccc5c4)c3)CC2)=C(c2ccc(Cl)cc2)C1. The number of H-pyrrole nitrogens is 2. The highest BCUT2D eigenvalue weighted by molar-refractivity contribution is 7.89. The number of fused-ring (bicyclic) bond motifs is 2. The molecule has 520 valence electrons. The zero-order chi connectivity index (χ0) is 69.3. The van der Waals surface area contributed by atoms with Gasteiger partial charge in [-0.25, -0.2) is 9.97 Å². The van der Waals surface area contributed by atoms with Crippen molar-refractivity contribution in [2.75, 3.05) is 100 Å². The molecule has 23 heteroatoms. The lowest BCUT2D eigenvalue weighted by atomic mass is 9.72. The standard InChI is InChI=1S/C77H83Cl2N11O9S/c1-76(2)25-19-56(66(44-76)52-5-9-58(78)10-6-52)49-85-29-33-87(34-30-85)60-13-16-65(71(41-60)97-62-39-54-21-27-80-73(54)83-47-62)75(91)90(100(94,95)64-15-17-68(69(43-64)89(92)93)82-46-51-23-37-96-38-24-51)99-70-18-14-61(42-72(70)98-63-40-55-22-28-81-74(55)84-48-63)88-35-31-86(32-36-88)50-57-20-26-77(3,4)45-67(57)53-7-11-59(79)12-8-53/h5-18,21-22,27-28,39-43,47-48,51,82H,19-20,23-26,29-38,44-46,49-50H2,1-4H3,(H,80,83)(H,81,84). The van der Waals surface area contributed by atoms with Crippen LogP contribution >= 0.6 is 23.2 Å². The van der Waals surface area contributed by atoms with Crippen molar-refractivity contribution >= 4 is 95.1 Å². The smallest absolute Gasteiger partial charge is 0.306 e. The van der Waals surface area contributed by atoms with Crippen LogP contribution in [0.4, 0.5) is 22.7 Å². The number of piperazine rings is 2. The Labute approximate surface area is 593 Å². The average molecular weight is 1410 g/mol. The number of nitro benzene ring substituents is 1. The minimum Gasteiger partial charge on any atom is -0.455 e. The third kappa shape index (κ3) is 15.5. The number of benzene rings is 5. The summed E-state index contributed by atoms with van der Waals surface area (Å²) in [5.74, 6) is -0.496. The number of hydrogen-bond acceptors (Lipinski definition) is 16. The van der Waals surface area contributed by atoms with Crippen molar-refractivity contribution in [1.82, 2.24) is 34.2 Å². The second-order valence-corrected chi connectivity index (χ2v) is 31.2. The number of nitro groups is 1. The molecule has 14 rings (SSSR count). The summed E-state index contributed by atoms with van der Waals surface area (Å²) in [5, 5.41) is 19.1. The van der Waals surface area contributed by atoms with Crippen LogP contribution in [0.1, 0.15) is 101 Å². The predicted octanol–water partition coefficient (Wildman–Crippen LogP) is 16.5. The van der Waals surface area contributed by atoms with Gasteiger partial charge >= 0.3 is 5.91 Å². The minimum absolute atomic E-state index is 0.00769. The summed E-state index contributed by atoms with van der Waals surface area (Å²) in [6.45, 7) is 18.2. The molecule has 2 aliphatic carbocycles. The molecule has 9 aromatic rings. The number of rotatable bonds is 21. The summed E-state index contributed by atoms with van der Waals surface area (Å²) in [4.78, 5) is 59.4. The third-order valence-corrected chi connectivity index (χ3v) is 22.4. The first-order chi connectivity index (χ1) is 48.2. The highest BCUT2D eigenvalue weighted by Crippen LogP contribution is 2.47. The topological polar surface area (TPSA) is 217 Å². The molecule has 0 unspecified atom stereocenters. The Kier molecular flexibility index (Phi) is 19.7. The summed E-state index contributed by atoms with van der Waals surface area (Å²) in [6.07, 6.45) is 14.3. The number of hydroxylamine groups is 1. The van der Waals surface area contributed by atoms with Crippen LogP contribution < -0.4 is 29.4 Å². The molecule has 4 aromatic heterocycles. The molecular weight excluding hydrogens is 1330 g/mol. The molecule has 1 amide bonds. The average Bonchev–Trinajstić information content (AvgIpc) is 0.937. The van der Waals surface area contributed by atoms with Gasteiger partial charge in [-0.2, -0.15) is 8.42 Å². The van der Waals surface area contributed by atoms with Crippen molar-refractivity contribution in [3.05, 3.63) is 200 Å². The summed E-state index contributed by atoms with van der Waals surface area (Å²) < 4.78 is 51.0. The van der Waals surface area contributed by atoms with Gasteiger partial charge in [0.2, 0.25) is 0 Å². The summed E-state index contributed by atoms with van der Waals surface area (Å²) in [5.41, 5.74) is 10.6. The molecular formula is C77H83Cl2N11O9S. The van der Waals surface area contributed by atoms with Crippen molar-refractivity contribution in [1.29, 1.82) is 0 Å². The fraction of sp³-hybridized carbons (Fsp3) is 0.364. The van der Waals surface area contributed by atoms with E-state index in [2.05, 4.69) is 96.8 Å². The van der Waals surface area contributed by atoms with Gasteiger partial charge < -0.3 is 44.1 Å². The monoisotopic (exact) mass is 1410 g/mol. The third-order valence-electron chi connectivity index (χ3n) is 20.3. The molecule has 3 saturated heterocycles. The van der Waals surface area contributed by atoms with E-state index in [0.29, 0.717) is 73.0 Å². The summed E-state index contributed by atoms with van der Waals surface area (Å²) in [6, 6.07) is 37.4. The van der Waals surface area contributed by atoms with Crippen LogP contribution in [0.3, 0.4) is 0 Å². The van der Waals surface area contributed by atoms with E-state index in [0.717, 1.165) is 119 Å². The van der Waals surface area contributed by atoms with Crippen LogP contribution in [0.2, 0.25) is 10.0 Å². The van der Waals surface area contributed by atoms with E-state index in [9.17, 15) is 10.1 Å². The fourth-order valence-corrected chi connectivity index (χ4v) is 15.9. The number of nitrogens with one attached hydrogen (secondary N) is 3. The van der Waals surface area contributed by atoms with Crippen LogP contribution in [-0.4, -0.2) is 139 Å². The Morgan fingerprint density at radius 3 is 1.69 bits per heavy atom. The van der Waals surface area contributed by atoms with E-state index in [1.165, 1.54) is 57.8 Å². The fourth-order valence-electron chi connectivity index (χ4n) is 14.5. The van der Waals surface area contributed by atoms with Gasteiger partial charge in [0, 0.05) is 148 Å². The molecule has 3 aliphatic heterocycles. The molecule has 0 saturated carbocycles. The maximum Gasteiger partial charge on any atom is 0.306 e. The number of aromatic amines is 2. The Bertz CT molecular complexity index is 4690. The van der Waals surface area contributed by atoms with Crippen LogP contribution in [0.25, 0.3) is 33.2 Å². The number of carbonyl (C=O) groups is 1. The van der Waals surface area contributed by atoms with Gasteiger partial charge in [0.25, 0.3) is 15.7 Å². The van der Waals surface area contributed by atoms with E-state index in [1.807, 2.05) is 42.5 Å². The van der Waals surface area contributed by atoms with E-state index in [4.69, 9.17) is 42.3 Å². The van der Waals surface area contributed by atoms with Gasteiger partial charge in [-0.3, -0.25) is 24.7 Å². The Hall–Kier alpha value is -8.96. The van der Waals surface area contributed by atoms with Gasteiger partial charge in [-0.05, 0) is 175 Å². The number of nitrogens with zero attached hydrogens (tertiary/aromatic N) is 8. The van der Waals surface area contributed by atoms with E-state index < -0.39 is 31.4 Å².